The summed E-state index contributed by atoms with van der Waals surface area (Å²) in [4.78, 5) is 4.60. The van der Waals surface area contributed by atoms with Crippen molar-refractivity contribution in [3.63, 3.8) is 0 Å². The van der Waals surface area contributed by atoms with E-state index in [2.05, 4.69) is 4.98 Å². The molecule has 2 aromatic carbocycles. The van der Waals surface area contributed by atoms with Gasteiger partial charge in [0, 0.05) is 5.56 Å². The number of halogens is 1. The van der Waals surface area contributed by atoms with Gasteiger partial charge in [0.1, 0.15) is 5.15 Å². The van der Waals surface area contributed by atoms with Crippen LogP contribution in [-0.2, 0) is 9.84 Å². The van der Waals surface area contributed by atoms with Crippen LogP contribution < -0.4 is 0 Å². The summed E-state index contributed by atoms with van der Waals surface area (Å²) < 4.78 is 25.7. The fraction of sp³-hybridized carbons (Fsp3) is 0. The van der Waals surface area contributed by atoms with E-state index >= 15 is 0 Å². The van der Waals surface area contributed by atoms with Gasteiger partial charge in [0.15, 0.2) is 0 Å². The molecule has 0 aliphatic rings. The third-order valence-electron chi connectivity index (χ3n) is 3.21. The van der Waals surface area contributed by atoms with Gasteiger partial charge in [-0.3, -0.25) is 0 Å². The zero-order valence-electron chi connectivity index (χ0n) is 11.5. The normalized spacial score (nSPS) is 11.3. The van der Waals surface area contributed by atoms with Crippen molar-refractivity contribution in [2.75, 3.05) is 0 Å². The molecule has 110 valence electrons. The molecule has 3 aromatic rings. The average Bonchev–Trinajstić information content (AvgIpc) is 2.56. The van der Waals surface area contributed by atoms with E-state index in [1.54, 1.807) is 30.3 Å². The van der Waals surface area contributed by atoms with Gasteiger partial charge in [0.25, 0.3) is 0 Å². The third-order valence-corrected chi connectivity index (χ3v) is 5.23. The van der Waals surface area contributed by atoms with Gasteiger partial charge in [-0.15, -0.1) is 0 Å². The number of nitrogens with zero attached hydrogens (tertiary/aromatic N) is 1. The molecule has 0 aliphatic carbocycles. The van der Waals surface area contributed by atoms with Crippen LogP contribution in [0.2, 0.25) is 5.15 Å². The molecule has 5 heteroatoms. The Balaban J connectivity index is 2.25. The number of benzene rings is 2. The van der Waals surface area contributed by atoms with Crippen molar-refractivity contribution in [2.24, 2.45) is 0 Å². The van der Waals surface area contributed by atoms with Crippen molar-refractivity contribution in [2.45, 2.75) is 9.79 Å². The van der Waals surface area contributed by atoms with Crippen molar-refractivity contribution < 1.29 is 8.42 Å². The van der Waals surface area contributed by atoms with Gasteiger partial charge in [-0.05, 0) is 24.3 Å². The first-order valence-corrected chi connectivity index (χ1v) is 8.47. The Labute approximate surface area is 134 Å². The Morgan fingerprint density at radius 3 is 2.00 bits per heavy atom. The van der Waals surface area contributed by atoms with E-state index in [0.717, 1.165) is 0 Å². The molecule has 0 atom stereocenters. The van der Waals surface area contributed by atoms with Gasteiger partial charge in [-0.25, -0.2) is 13.4 Å². The maximum atomic E-state index is 12.9. The van der Waals surface area contributed by atoms with Gasteiger partial charge in [0.2, 0.25) is 9.84 Å². The van der Waals surface area contributed by atoms with E-state index in [9.17, 15) is 8.42 Å². The summed E-state index contributed by atoms with van der Waals surface area (Å²) in [6.07, 6.45) is 0. The van der Waals surface area contributed by atoms with Crippen molar-refractivity contribution in [3.05, 3.63) is 77.9 Å². The van der Waals surface area contributed by atoms with Crippen molar-refractivity contribution in [1.29, 1.82) is 0 Å². The largest absolute Gasteiger partial charge is 0.235 e. The molecule has 0 bridgehead atoms. The summed E-state index contributed by atoms with van der Waals surface area (Å²) in [6, 6.07) is 20.4. The van der Waals surface area contributed by atoms with Crippen LogP contribution in [0.25, 0.3) is 11.3 Å². The standard InChI is InChI=1S/C17H12ClNO2S/c18-16-12-11-15(17(19-16)13-7-3-1-4-8-13)22(20,21)14-9-5-2-6-10-14/h1-12H. The Morgan fingerprint density at radius 2 is 1.36 bits per heavy atom. The lowest BCUT2D eigenvalue weighted by Crippen LogP contribution is -2.05. The molecule has 22 heavy (non-hydrogen) atoms. The van der Waals surface area contributed by atoms with Crippen LogP contribution in [0.15, 0.2) is 82.6 Å². The van der Waals surface area contributed by atoms with E-state index in [1.165, 1.54) is 12.1 Å². The minimum atomic E-state index is -3.66. The monoisotopic (exact) mass is 329 g/mol. The van der Waals surface area contributed by atoms with Crippen LogP contribution in [0.5, 0.6) is 0 Å². The predicted octanol–water partition coefficient (Wildman–Crippen LogP) is 4.23. The number of hydrogen-bond acceptors (Lipinski definition) is 3. The van der Waals surface area contributed by atoms with E-state index in [-0.39, 0.29) is 14.9 Å². The maximum Gasteiger partial charge on any atom is 0.208 e. The fourth-order valence-corrected chi connectivity index (χ4v) is 3.75. The Bertz CT molecular complexity index is 894. The molecule has 0 saturated carbocycles. The molecule has 3 rings (SSSR count). The van der Waals surface area contributed by atoms with Gasteiger partial charge in [-0.1, -0.05) is 60.1 Å². The number of aromatic nitrogens is 1. The van der Waals surface area contributed by atoms with Crippen LogP contribution in [0.4, 0.5) is 0 Å². The molecule has 3 nitrogen and oxygen atoms in total. The second kappa shape index (κ2) is 5.91. The smallest absolute Gasteiger partial charge is 0.208 e. The molecular formula is C17H12ClNO2S. The Morgan fingerprint density at radius 1 is 0.773 bits per heavy atom. The molecule has 1 aromatic heterocycles. The molecule has 0 unspecified atom stereocenters. The second-order valence-corrected chi connectivity index (χ2v) is 6.97. The summed E-state index contributed by atoms with van der Waals surface area (Å²) in [5.41, 5.74) is 1.07. The number of hydrogen-bond donors (Lipinski definition) is 0. The highest BCUT2D eigenvalue weighted by atomic mass is 35.5. The van der Waals surface area contributed by atoms with Crippen LogP contribution >= 0.6 is 11.6 Å². The van der Waals surface area contributed by atoms with Crippen LogP contribution in [-0.4, -0.2) is 13.4 Å². The second-order valence-electron chi connectivity index (χ2n) is 4.66. The lowest BCUT2D eigenvalue weighted by atomic mass is 10.1. The molecular weight excluding hydrogens is 318 g/mol. The average molecular weight is 330 g/mol. The third kappa shape index (κ3) is 2.75. The molecule has 0 spiro atoms. The molecule has 0 saturated heterocycles. The first-order valence-electron chi connectivity index (χ1n) is 6.61. The van der Waals surface area contributed by atoms with Gasteiger partial charge in [-0.2, -0.15) is 0 Å². The Hall–Kier alpha value is -2.17. The number of sulfone groups is 1. The Kier molecular flexibility index (Phi) is 3.96. The molecule has 1 heterocycles. The lowest BCUT2D eigenvalue weighted by molar-refractivity contribution is 0.596. The summed E-state index contributed by atoms with van der Waals surface area (Å²) in [7, 11) is -3.66. The lowest BCUT2D eigenvalue weighted by Gasteiger charge is -2.10. The highest BCUT2D eigenvalue weighted by molar-refractivity contribution is 7.91. The summed E-state index contributed by atoms with van der Waals surface area (Å²) >= 11 is 5.96. The number of pyridine rings is 1. The van der Waals surface area contributed by atoms with Crippen LogP contribution in [0, 0.1) is 0 Å². The first-order chi connectivity index (χ1) is 10.6. The van der Waals surface area contributed by atoms with E-state index in [1.807, 2.05) is 30.3 Å². The molecule has 0 aliphatic heterocycles. The minimum Gasteiger partial charge on any atom is -0.235 e. The van der Waals surface area contributed by atoms with Gasteiger partial charge < -0.3 is 0 Å². The zero-order chi connectivity index (χ0) is 15.6. The van der Waals surface area contributed by atoms with E-state index in [0.29, 0.717) is 11.3 Å². The van der Waals surface area contributed by atoms with Crippen LogP contribution in [0.1, 0.15) is 0 Å². The fourth-order valence-electron chi connectivity index (χ4n) is 2.17. The van der Waals surface area contributed by atoms with Crippen molar-refractivity contribution in [1.82, 2.24) is 4.98 Å². The van der Waals surface area contributed by atoms with Gasteiger partial charge in [0.05, 0.1) is 15.5 Å². The quantitative estimate of drug-likeness (QED) is 0.675. The maximum absolute atomic E-state index is 12.9. The minimum absolute atomic E-state index is 0.148. The SMILES string of the molecule is O=S(=O)(c1ccccc1)c1ccc(Cl)nc1-c1ccccc1. The first kappa shape index (κ1) is 14.8. The molecule has 0 N–H and O–H groups in total. The van der Waals surface area contributed by atoms with Crippen LogP contribution in [0.3, 0.4) is 0 Å². The highest BCUT2D eigenvalue weighted by Crippen LogP contribution is 2.31. The number of rotatable bonds is 3. The summed E-state index contributed by atoms with van der Waals surface area (Å²) in [5.74, 6) is 0. The van der Waals surface area contributed by atoms with Gasteiger partial charge >= 0.3 is 0 Å². The highest BCUT2D eigenvalue weighted by Gasteiger charge is 2.23. The summed E-state index contributed by atoms with van der Waals surface area (Å²) in [5, 5.41) is 0.255. The van der Waals surface area contributed by atoms with E-state index < -0.39 is 9.84 Å². The van der Waals surface area contributed by atoms with Crippen molar-refractivity contribution >= 4 is 21.4 Å². The van der Waals surface area contributed by atoms with Crippen molar-refractivity contribution in [3.8, 4) is 11.3 Å². The van der Waals surface area contributed by atoms with E-state index in [4.69, 9.17) is 11.6 Å². The summed E-state index contributed by atoms with van der Waals surface area (Å²) in [6.45, 7) is 0. The topological polar surface area (TPSA) is 47.0 Å². The molecule has 0 fully saturated rings. The molecule has 0 amide bonds. The molecule has 0 radical (unpaired) electrons. The zero-order valence-corrected chi connectivity index (χ0v) is 13.1. The predicted molar refractivity (Wildman–Crippen MR) is 86.6 cm³/mol.